The van der Waals surface area contributed by atoms with Crippen LogP contribution in [-0.2, 0) is 4.74 Å². The molecule has 33 heavy (non-hydrogen) atoms. The highest BCUT2D eigenvalue weighted by Gasteiger charge is 2.15. The lowest BCUT2D eigenvalue weighted by molar-refractivity contribution is 0.0600. The van der Waals surface area contributed by atoms with Gasteiger partial charge in [0.1, 0.15) is 0 Å². The van der Waals surface area contributed by atoms with Crippen LogP contribution >= 0.6 is 0 Å². The van der Waals surface area contributed by atoms with Crippen molar-refractivity contribution in [1.82, 2.24) is 0 Å². The average molecular weight is 453 g/mol. The summed E-state index contributed by atoms with van der Waals surface area (Å²) < 4.78 is 23.0. The molecule has 0 aliphatic rings. The lowest BCUT2D eigenvalue weighted by atomic mass is 10.1. The number of esters is 1. The molecule has 0 fully saturated rings. The van der Waals surface area contributed by atoms with Gasteiger partial charge in [0.2, 0.25) is 5.75 Å². The van der Waals surface area contributed by atoms with Gasteiger partial charge in [-0.1, -0.05) is 51.9 Å². The van der Waals surface area contributed by atoms with Crippen LogP contribution in [0, 0.1) is 11.8 Å². The number of hydrogen-bond acceptors (Lipinski definition) is 5. The van der Waals surface area contributed by atoms with Gasteiger partial charge in [0.15, 0.2) is 11.5 Å². The van der Waals surface area contributed by atoms with Crippen molar-refractivity contribution >= 4 is 5.97 Å². The van der Waals surface area contributed by atoms with E-state index in [0.717, 1.165) is 49.7 Å². The molecule has 0 radical (unpaired) electrons. The van der Waals surface area contributed by atoms with E-state index < -0.39 is 0 Å². The van der Waals surface area contributed by atoms with Crippen molar-refractivity contribution in [1.29, 1.82) is 0 Å². The second-order valence-electron chi connectivity index (χ2n) is 7.73. The van der Waals surface area contributed by atoms with Gasteiger partial charge in [0.05, 0.1) is 32.5 Å². The van der Waals surface area contributed by atoms with Gasteiger partial charge in [0.25, 0.3) is 0 Å². The molecule has 0 aliphatic carbocycles. The number of carbonyl (C=O) groups excluding carboxylic acids is 1. The van der Waals surface area contributed by atoms with E-state index in [1.807, 2.05) is 12.1 Å². The lowest BCUT2D eigenvalue weighted by Gasteiger charge is -2.17. The number of methoxy groups -OCH3 is 1. The monoisotopic (exact) mass is 452 g/mol. The third-order valence-corrected chi connectivity index (χ3v) is 4.93. The van der Waals surface area contributed by atoms with E-state index in [4.69, 9.17) is 18.9 Å². The van der Waals surface area contributed by atoms with E-state index in [9.17, 15) is 4.79 Å². The van der Waals surface area contributed by atoms with Crippen LogP contribution in [0.5, 0.6) is 17.2 Å². The van der Waals surface area contributed by atoms with Crippen LogP contribution in [0.3, 0.4) is 0 Å². The van der Waals surface area contributed by atoms with Crippen molar-refractivity contribution in [3.63, 3.8) is 0 Å². The van der Waals surface area contributed by atoms with Gasteiger partial charge in [0, 0.05) is 11.1 Å². The highest BCUT2D eigenvalue weighted by Crippen LogP contribution is 2.39. The molecule has 0 aliphatic heterocycles. The fourth-order valence-electron chi connectivity index (χ4n) is 2.93. The van der Waals surface area contributed by atoms with Crippen LogP contribution in [0.4, 0.5) is 0 Å². The Hall–Kier alpha value is -3.13. The first-order valence-corrected chi connectivity index (χ1v) is 11.9. The van der Waals surface area contributed by atoms with Crippen LogP contribution in [0.25, 0.3) is 0 Å². The molecule has 5 heteroatoms. The van der Waals surface area contributed by atoms with Crippen molar-refractivity contribution in [3.05, 3.63) is 53.1 Å². The van der Waals surface area contributed by atoms with Crippen molar-refractivity contribution < 1.29 is 23.7 Å². The summed E-state index contributed by atoms with van der Waals surface area (Å²) in [6.07, 6.45) is 6.04. The molecule has 0 N–H and O–H groups in total. The van der Waals surface area contributed by atoms with Gasteiger partial charge in [-0.25, -0.2) is 4.79 Å². The predicted octanol–water partition coefficient (Wildman–Crippen LogP) is 6.41. The Morgan fingerprint density at radius 3 is 1.70 bits per heavy atom. The molecule has 0 heterocycles. The normalized spacial score (nSPS) is 10.2. The van der Waals surface area contributed by atoms with Crippen molar-refractivity contribution in [2.45, 2.75) is 59.3 Å². The van der Waals surface area contributed by atoms with E-state index >= 15 is 0 Å². The molecule has 2 aromatic rings. The third kappa shape index (κ3) is 8.73. The van der Waals surface area contributed by atoms with Crippen LogP contribution < -0.4 is 14.2 Å². The number of rotatable bonds is 13. The molecule has 0 atom stereocenters. The molecule has 0 bridgehead atoms. The maximum absolute atomic E-state index is 11.6. The molecule has 0 saturated carbocycles. The topological polar surface area (TPSA) is 54.0 Å². The standard InChI is InChI=1S/C28H36O5/c1-5-8-17-31-25-20-23(12-11-22-13-15-24(16-14-22)28(29)30-4)21-26(32-18-9-6-2)27(25)33-19-10-7-3/h13-16,20-21H,5-10,17-19H2,1-4H3. The zero-order valence-corrected chi connectivity index (χ0v) is 20.4. The van der Waals surface area contributed by atoms with Crippen molar-refractivity contribution in [2.75, 3.05) is 26.9 Å². The van der Waals surface area contributed by atoms with E-state index in [-0.39, 0.29) is 5.97 Å². The Bertz CT molecular complexity index is 891. The second-order valence-corrected chi connectivity index (χ2v) is 7.73. The van der Waals surface area contributed by atoms with Gasteiger partial charge in [-0.15, -0.1) is 0 Å². The lowest BCUT2D eigenvalue weighted by Crippen LogP contribution is -2.06. The number of carbonyl (C=O) groups is 1. The van der Waals surface area contributed by atoms with E-state index in [1.165, 1.54) is 7.11 Å². The molecule has 0 unspecified atom stereocenters. The van der Waals surface area contributed by atoms with Crippen molar-refractivity contribution in [2.24, 2.45) is 0 Å². The minimum absolute atomic E-state index is 0.365. The summed E-state index contributed by atoms with van der Waals surface area (Å²) in [6, 6.07) is 10.9. The minimum atomic E-state index is -0.365. The Balaban J connectivity index is 2.36. The van der Waals surface area contributed by atoms with Crippen LogP contribution in [0.15, 0.2) is 36.4 Å². The van der Waals surface area contributed by atoms with E-state index in [2.05, 4.69) is 32.6 Å². The highest BCUT2D eigenvalue weighted by molar-refractivity contribution is 5.89. The van der Waals surface area contributed by atoms with Crippen molar-refractivity contribution in [3.8, 4) is 29.1 Å². The summed E-state index contributed by atoms with van der Waals surface area (Å²) in [6.45, 7) is 8.24. The largest absolute Gasteiger partial charge is 0.490 e. The van der Waals surface area contributed by atoms with Gasteiger partial charge in [-0.3, -0.25) is 0 Å². The second kappa shape index (κ2) is 14.8. The van der Waals surface area contributed by atoms with Gasteiger partial charge in [-0.2, -0.15) is 0 Å². The third-order valence-electron chi connectivity index (χ3n) is 4.93. The molecule has 178 valence electrons. The average Bonchev–Trinajstić information content (AvgIpc) is 2.84. The van der Waals surface area contributed by atoms with Crippen LogP contribution in [0.1, 0.15) is 80.8 Å². The summed E-state index contributed by atoms with van der Waals surface area (Å²) >= 11 is 0. The number of benzene rings is 2. The fourth-order valence-corrected chi connectivity index (χ4v) is 2.93. The number of ether oxygens (including phenoxy) is 4. The Morgan fingerprint density at radius 1 is 0.727 bits per heavy atom. The molecule has 0 spiro atoms. The first kappa shape index (κ1) is 26.1. The smallest absolute Gasteiger partial charge is 0.337 e. The Labute approximate surface area is 198 Å². The van der Waals surface area contributed by atoms with Crippen LogP contribution in [-0.4, -0.2) is 32.9 Å². The molecule has 0 saturated heterocycles. The maximum Gasteiger partial charge on any atom is 0.337 e. The molecule has 5 nitrogen and oxygen atoms in total. The van der Waals surface area contributed by atoms with Gasteiger partial charge in [-0.05, 0) is 55.7 Å². The quantitative estimate of drug-likeness (QED) is 0.200. The molecule has 2 aromatic carbocycles. The summed E-state index contributed by atoms with van der Waals surface area (Å²) in [4.78, 5) is 11.6. The van der Waals surface area contributed by atoms with Gasteiger partial charge < -0.3 is 18.9 Å². The molecular formula is C28H36O5. The molecular weight excluding hydrogens is 416 g/mol. The minimum Gasteiger partial charge on any atom is -0.490 e. The predicted molar refractivity (Wildman–Crippen MR) is 131 cm³/mol. The zero-order chi connectivity index (χ0) is 23.9. The molecule has 2 rings (SSSR count). The fraction of sp³-hybridized carbons (Fsp3) is 0.464. The number of hydrogen-bond donors (Lipinski definition) is 0. The molecule has 0 amide bonds. The first-order chi connectivity index (χ1) is 16.1. The van der Waals surface area contributed by atoms with E-state index in [0.29, 0.717) is 42.6 Å². The first-order valence-electron chi connectivity index (χ1n) is 11.9. The maximum atomic E-state index is 11.6. The summed E-state index contributed by atoms with van der Waals surface area (Å²) in [7, 11) is 1.37. The van der Waals surface area contributed by atoms with Crippen LogP contribution in [0.2, 0.25) is 0 Å². The summed E-state index contributed by atoms with van der Waals surface area (Å²) in [5.74, 6) is 7.97. The van der Waals surface area contributed by atoms with Gasteiger partial charge >= 0.3 is 5.97 Å². The van der Waals surface area contributed by atoms with E-state index in [1.54, 1.807) is 24.3 Å². The number of unbranched alkanes of at least 4 members (excludes halogenated alkanes) is 3. The highest BCUT2D eigenvalue weighted by atomic mass is 16.5. The Morgan fingerprint density at radius 2 is 1.21 bits per heavy atom. The summed E-state index contributed by atoms with van der Waals surface area (Å²) in [5.41, 5.74) is 2.08. The summed E-state index contributed by atoms with van der Waals surface area (Å²) in [5, 5.41) is 0. The zero-order valence-electron chi connectivity index (χ0n) is 20.4. The molecule has 0 aromatic heterocycles. The SMILES string of the molecule is CCCCOc1cc(C#Cc2ccc(C(=O)OC)cc2)cc(OCCCC)c1OCCCC. The Kier molecular flexibility index (Phi) is 11.7.